The predicted molar refractivity (Wildman–Crippen MR) is 78.1 cm³/mol. The van der Waals surface area contributed by atoms with Gasteiger partial charge in [0.25, 0.3) is 0 Å². The predicted octanol–water partition coefficient (Wildman–Crippen LogP) is 2.55. The molecule has 0 radical (unpaired) electrons. The van der Waals surface area contributed by atoms with Crippen LogP contribution in [-0.4, -0.2) is 24.1 Å². The van der Waals surface area contributed by atoms with Crippen LogP contribution in [0.25, 0.3) is 0 Å². The first kappa shape index (κ1) is 16.1. The van der Waals surface area contributed by atoms with Gasteiger partial charge in [-0.2, -0.15) is 0 Å². The minimum absolute atomic E-state index is 0.197. The van der Waals surface area contributed by atoms with E-state index < -0.39 is 5.41 Å². The van der Waals surface area contributed by atoms with Gasteiger partial charge in [0.2, 0.25) is 0 Å². The zero-order valence-corrected chi connectivity index (χ0v) is 13.0. The molecule has 1 aromatic heterocycles. The number of nitrogens with zero attached hydrogens (tertiary/aromatic N) is 1. The summed E-state index contributed by atoms with van der Waals surface area (Å²) in [6, 6.07) is 0. The van der Waals surface area contributed by atoms with Crippen molar-refractivity contribution < 1.29 is 9.53 Å². The highest BCUT2D eigenvalue weighted by atomic mass is 32.1. The molecule has 0 saturated heterocycles. The molecule has 1 atom stereocenters. The maximum absolute atomic E-state index is 12.3. The van der Waals surface area contributed by atoms with Crippen LogP contribution in [0.2, 0.25) is 0 Å². The summed E-state index contributed by atoms with van der Waals surface area (Å²) in [5.41, 5.74) is 6.20. The monoisotopic (exact) mass is 284 g/mol. The fourth-order valence-corrected chi connectivity index (χ4v) is 2.98. The Kier molecular flexibility index (Phi) is 5.94. The van der Waals surface area contributed by atoms with Crippen molar-refractivity contribution in [3.8, 4) is 0 Å². The first-order chi connectivity index (χ1) is 8.93. The van der Waals surface area contributed by atoms with Crippen molar-refractivity contribution in [1.29, 1.82) is 0 Å². The molecule has 0 fully saturated rings. The van der Waals surface area contributed by atoms with Gasteiger partial charge in [0, 0.05) is 18.3 Å². The van der Waals surface area contributed by atoms with Gasteiger partial charge >= 0.3 is 5.97 Å². The Bertz CT molecular complexity index is 417. The number of aryl methyl sites for hydroxylation is 1. The average molecular weight is 284 g/mol. The second-order valence-electron chi connectivity index (χ2n) is 5.34. The number of hydrogen-bond donors (Lipinski definition) is 1. The van der Waals surface area contributed by atoms with Crippen molar-refractivity contribution >= 4 is 17.3 Å². The topological polar surface area (TPSA) is 65.2 Å². The molecule has 0 aliphatic carbocycles. The Hall–Kier alpha value is -0.940. The molecule has 0 amide bonds. The molecular weight excluding hydrogens is 260 g/mol. The van der Waals surface area contributed by atoms with Crippen LogP contribution in [0.5, 0.6) is 0 Å². The summed E-state index contributed by atoms with van der Waals surface area (Å²) in [5.74, 6) is 0.185. The van der Waals surface area contributed by atoms with Crippen LogP contribution < -0.4 is 5.73 Å². The summed E-state index contributed by atoms with van der Waals surface area (Å²) in [6.07, 6.45) is 1.28. The normalized spacial score (nSPS) is 14.4. The fourth-order valence-electron chi connectivity index (χ4n) is 2.37. The van der Waals surface area contributed by atoms with Crippen molar-refractivity contribution in [3.63, 3.8) is 0 Å². The Morgan fingerprint density at radius 1 is 1.58 bits per heavy atom. The first-order valence-corrected chi connectivity index (χ1v) is 7.59. The van der Waals surface area contributed by atoms with Gasteiger partial charge in [0.1, 0.15) is 0 Å². The number of nitrogens with two attached hydrogens (primary N) is 1. The fraction of sp³-hybridized carbons (Fsp3) is 0.714. The van der Waals surface area contributed by atoms with Gasteiger partial charge < -0.3 is 10.5 Å². The van der Waals surface area contributed by atoms with Gasteiger partial charge in [-0.25, -0.2) is 4.98 Å². The van der Waals surface area contributed by atoms with E-state index in [-0.39, 0.29) is 5.97 Å². The Balaban J connectivity index is 2.98. The maximum atomic E-state index is 12.3. The van der Waals surface area contributed by atoms with Crippen molar-refractivity contribution in [2.75, 3.05) is 13.2 Å². The zero-order chi connectivity index (χ0) is 14.5. The van der Waals surface area contributed by atoms with Gasteiger partial charge in [-0.3, -0.25) is 4.79 Å². The van der Waals surface area contributed by atoms with E-state index in [0.717, 1.165) is 17.1 Å². The number of carbonyl (C=O) groups is 1. The van der Waals surface area contributed by atoms with E-state index in [1.165, 1.54) is 0 Å². The molecule has 19 heavy (non-hydrogen) atoms. The summed E-state index contributed by atoms with van der Waals surface area (Å²) in [7, 11) is 0. The van der Waals surface area contributed by atoms with Crippen molar-refractivity contribution in [2.45, 2.75) is 40.5 Å². The van der Waals surface area contributed by atoms with Crippen LogP contribution in [0.15, 0.2) is 5.38 Å². The summed E-state index contributed by atoms with van der Waals surface area (Å²) >= 11 is 1.60. The van der Waals surface area contributed by atoms with Gasteiger partial charge in [-0.05, 0) is 26.2 Å². The lowest BCUT2D eigenvalue weighted by atomic mass is 9.76. The van der Waals surface area contributed by atoms with Gasteiger partial charge in [0.05, 0.1) is 22.7 Å². The van der Waals surface area contributed by atoms with Crippen LogP contribution in [-0.2, 0) is 16.0 Å². The molecule has 0 aromatic carbocycles. The quantitative estimate of drug-likeness (QED) is 0.781. The highest BCUT2D eigenvalue weighted by Gasteiger charge is 2.40. The molecule has 1 aromatic rings. The first-order valence-electron chi connectivity index (χ1n) is 6.72. The van der Waals surface area contributed by atoms with Gasteiger partial charge in [-0.15, -0.1) is 11.3 Å². The minimum Gasteiger partial charge on any atom is -0.466 e. The molecule has 2 N–H and O–H groups in total. The lowest BCUT2D eigenvalue weighted by Gasteiger charge is -2.31. The van der Waals surface area contributed by atoms with E-state index in [1.807, 2.05) is 19.2 Å². The zero-order valence-electron chi connectivity index (χ0n) is 12.2. The standard InChI is InChI=1S/C14H24N2O2S/c1-5-18-13(17)14(9-15,6-10(2)3)7-12-8-19-11(4)16-12/h8,10H,5-7,9,15H2,1-4H3. The van der Waals surface area contributed by atoms with Crippen LogP contribution in [0.1, 0.15) is 37.9 Å². The van der Waals surface area contributed by atoms with E-state index >= 15 is 0 Å². The number of carbonyl (C=O) groups excluding carboxylic acids is 1. The van der Waals surface area contributed by atoms with Gasteiger partial charge in [0.15, 0.2) is 0 Å². The van der Waals surface area contributed by atoms with Crippen molar-refractivity contribution in [2.24, 2.45) is 17.1 Å². The second kappa shape index (κ2) is 7.01. The number of thiazole rings is 1. The molecule has 0 saturated carbocycles. The van der Waals surface area contributed by atoms with E-state index in [0.29, 0.717) is 25.5 Å². The molecular formula is C14H24N2O2S. The third kappa shape index (κ3) is 4.28. The second-order valence-corrected chi connectivity index (χ2v) is 6.40. The molecule has 0 aliphatic rings. The third-order valence-corrected chi connectivity index (χ3v) is 3.91. The smallest absolute Gasteiger partial charge is 0.313 e. The summed E-state index contributed by atoms with van der Waals surface area (Å²) < 4.78 is 5.23. The maximum Gasteiger partial charge on any atom is 0.313 e. The van der Waals surface area contributed by atoms with Crippen LogP contribution in [0.4, 0.5) is 0 Å². The molecule has 0 aliphatic heterocycles. The Morgan fingerprint density at radius 3 is 2.68 bits per heavy atom. The molecule has 0 spiro atoms. The van der Waals surface area contributed by atoms with E-state index in [1.54, 1.807) is 11.3 Å². The van der Waals surface area contributed by atoms with Crippen LogP contribution >= 0.6 is 11.3 Å². The van der Waals surface area contributed by atoms with Gasteiger partial charge in [-0.1, -0.05) is 13.8 Å². The minimum atomic E-state index is -0.648. The van der Waals surface area contributed by atoms with Crippen molar-refractivity contribution in [3.05, 3.63) is 16.1 Å². The molecule has 1 heterocycles. The Labute approximate surface area is 119 Å². The number of aromatic nitrogens is 1. The lowest BCUT2D eigenvalue weighted by molar-refractivity contribution is -0.156. The summed E-state index contributed by atoms with van der Waals surface area (Å²) in [5, 5.41) is 3.01. The number of esters is 1. The molecule has 5 heteroatoms. The average Bonchev–Trinajstić information content (AvgIpc) is 2.73. The number of hydrogen-bond acceptors (Lipinski definition) is 5. The molecule has 0 bridgehead atoms. The summed E-state index contributed by atoms with van der Waals surface area (Å²) in [4.78, 5) is 16.8. The van der Waals surface area contributed by atoms with E-state index in [4.69, 9.17) is 10.5 Å². The highest BCUT2D eigenvalue weighted by molar-refractivity contribution is 7.09. The van der Waals surface area contributed by atoms with E-state index in [9.17, 15) is 4.79 Å². The largest absolute Gasteiger partial charge is 0.466 e. The molecule has 4 nitrogen and oxygen atoms in total. The summed E-state index contributed by atoms with van der Waals surface area (Å²) in [6.45, 7) is 8.65. The number of rotatable bonds is 7. The lowest BCUT2D eigenvalue weighted by Crippen LogP contribution is -2.43. The SMILES string of the molecule is CCOC(=O)C(CN)(Cc1csc(C)n1)CC(C)C. The van der Waals surface area contributed by atoms with Crippen LogP contribution in [0.3, 0.4) is 0 Å². The van der Waals surface area contributed by atoms with Crippen LogP contribution in [0, 0.1) is 18.3 Å². The molecule has 1 unspecified atom stereocenters. The molecule has 108 valence electrons. The third-order valence-electron chi connectivity index (χ3n) is 3.08. The number of ether oxygens (including phenoxy) is 1. The molecule has 1 rings (SSSR count). The Morgan fingerprint density at radius 2 is 2.26 bits per heavy atom. The highest BCUT2D eigenvalue weighted by Crippen LogP contribution is 2.32. The van der Waals surface area contributed by atoms with Crippen molar-refractivity contribution in [1.82, 2.24) is 4.98 Å². The van der Waals surface area contributed by atoms with E-state index in [2.05, 4.69) is 18.8 Å².